The van der Waals surface area contributed by atoms with Crippen LogP contribution in [-0.4, -0.2) is 43.9 Å². The SMILES string of the molecule is Cc1nn(C)c2c1nc(N)n2CC1(N(C)C)CCCC1. The van der Waals surface area contributed by atoms with Crippen molar-refractivity contribution < 1.29 is 0 Å². The lowest BCUT2D eigenvalue weighted by molar-refractivity contribution is 0.136. The summed E-state index contributed by atoms with van der Waals surface area (Å²) in [5.74, 6) is 0.601. The van der Waals surface area contributed by atoms with Crippen molar-refractivity contribution >= 4 is 17.1 Å². The quantitative estimate of drug-likeness (QED) is 0.923. The maximum atomic E-state index is 6.16. The number of nitrogen functional groups attached to an aromatic ring is 1. The fourth-order valence-corrected chi connectivity index (χ4v) is 3.58. The second-order valence-electron chi connectivity index (χ2n) is 6.26. The van der Waals surface area contributed by atoms with Crippen LogP contribution in [0.4, 0.5) is 5.95 Å². The Bertz CT molecular complexity index is 630. The number of nitrogens with two attached hydrogens (primary N) is 1. The predicted molar refractivity (Wildman–Crippen MR) is 80.5 cm³/mol. The zero-order valence-electron chi connectivity index (χ0n) is 12.8. The summed E-state index contributed by atoms with van der Waals surface area (Å²) in [4.78, 5) is 6.86. The second-order valence-corrected chi connectivity index (χ2v) is 6.26. The highest BCUT2D eigenvalue weighted by molar-refractivity contribution is 5.77. The van der Waals surface area contributed by atoms with Crippen LogP contribution >= 0.6 is 0 Å². The summed E-state index contributed by atoms with van der Waals surface area (Å²) in [6.07, 6.45) is 5.02. The van der Waals surface area contributed by atoms with E-state index in [-0.39, 0.29) is 5.54 Å². The predicted octanol–water partition coefficient (Wildman–Crippen LogP) is 1.53. The van der Waals surface area contributed by atoms with Gasteiger partial charge in [-0.25, -0.2) is 4.98 Å². The molecule has 1 fully saturated rings. The summed E-state index contributed by atoms with van der Waals surface area (Å²) in [6, 6.07) is 0. The van der Waals surface area contributed by atoms with Gasteiger partial charge in [-0.1, -0.05) is 12.8 Å². The van der Waals surface area contributed by atoms with E-state index in [2.05, 4.69) is 33.6 Å². The van der Waals surface area contributed by atoms with Gasteiger partial charge in [0.05, 0.1) is 5.69 Å². The lowest BCUT2D eigenvalue weighted by Gasteiger charge is -2.37. The second kappa shape index (κ2) is 4.48. The third-order valence-corrected chi connectivity index (χ3v) is 4.85. The zero-order valence-corrected chi connectivity index (χ0v) is 12.8. The minimum Gasteiger partial charge on any atom is -0.369 e. The highest BCUT2D eigenvalue weighted by atomic mass is 15.4. The monoisotopic (exact) mass is 276 g/mol. The standard InChI is InChI=1S/C14H24N6/c1-10-11-12(19(4)17-10)20(13(15)16-11)9-14(18(2)3)7-5-6-8-14/h5-9H2,1-4H3,(H2,15,16). The van der Waals surface area contributed by atoms with Crippen molar-refractivity contribution in [3.63, 3.8) is 0 Å². The summed E-state index contributed by atoms with van der Waals surface area (Å²) in [7, 11) is 6.30. The molecule has 0 spiro atoms. The van der Waals surface area contributed by atoms with Crippen LogP contribution in [0.2, 0.25) is 0 Å². The third-order valence-electron chi connectivity index (χ3n) is 4.85. The van der Waals surface area contributed by atoms with Crippen molar-refractivity contribution in [1.82, 2.24) is 24.2 Å². The fourth-order valence-electron chi connectivity index (χ4n) is 3.58. The first-order valence-corrected chi connectivity index (χ1v) is 7.27. The molecule has 0 radical (unpaired) electrons. The van der Waals surface area contributed by atoms with E-state index < -0.39 is 0 Å². The van der Waals surface area contributed by atoms with Crippen LogP contribution in [0.1, 0.15) is 31.4 Å². The fraction of sp³-hybridized carbons (Fsp3) is 0.714. The maximum absolute atomic E-state index is 6.16. The van der Waals surface area contributed by atoms with E-state index >= 15 is 0 Å². The van der Waals surface area contributed by atoms with Gasteiger partial charge < -0.3 is 10.6 Å². The number of hydrogen-bond donors (Lipinski definition) is 1. The minimum absolute atomic E-state index is 0.194. The molecule has 0 bridgehead atoms. The van der Waals surface area contributed by atoms with Crippen molar-refractivity contribution in [2.75, 3.05) is 19.8 Å². The number of nitrogens with zero attached hydrogens (tertiary/aromatic N) is 5. The molecular formula is C14H24N6. The first-order chi connectivity index (χ1) is 9.44. The van der Waals surface area contributed by atoms with E-state index in [1.54, 1.807) is 0 Å². The van der Waals surface area contributed by atoms with Crippen LogP contribution in [-0.2, 0) is 13.6 Å². The normalized spacial score (nSPS) is 18.4. The van der Waals surface area contributed by atoms with Crippen LogP contribution in [0.15, 0.2) is 0 Å². The van der Waals surface area contributed by atoms with Crippen LogP contribution in [0.5, 0.6) is 0 Å². The van der Waals surface area contributed by atoms with Crippen LogP contribution in [0.3, 0.4) is 0 Å². The Balaban J connectivity index is 2.08. The molecule has 0 aliphatic heterocycles. The van der Waals surface area contributed by atoms with E-state index in [9.17, 15) is 0 Å². The largest absolute Gasteiger partial charge is 0.369 e. The molecule has 0 amide bonds. The Morgan fingerprint density at radius 2 is 1.95 bits per heavy atom. The molecule has 0 atom stereocenters. The highest BCUT2D eigenvalue weighted by Crippen LogP contribution is 2.36. The molecule has 2 heterocycles. The van der Waals surface area contributed by atoms with Crippen molar-refractivity contribution in [3.8, 4) is 0 Å². The first-order valence-electron chi connectivity index (χ1n) is 7.27. The Morgan fingerprint density at radius 3 is 2.55 bits per heavy atom. The lowest BCUT2D eigenvalue weighted by atomic mass is 9.96. The summed E-state index contributed by atoms with van der Waals surface area (Å²) >= 11 is 0. The topological polar surface area (TPSA) is 64.9 Å². The summed E-state index contributed by atoms with van der Waals surface area (Å²) < 4.78 is 4.03. The van der Waals surface area contributed by atoms with Crippen LogP contribution < -0.4 is 5.73 Å². The van der Waals surface area contributed by atoms with Gasteiger partial charge in [0, 0.05) is 19.1 Å². The molecule has 2 aromatic rings. The Morgan fingerprint density at radius 1 is 1.30 bits per heavy atom. The Labute approximate surface area is 119 Å². The number of imidazole rings is 1. The highest BCUT2D eigenvalue weighted by Gasteiger charge is 2.37. The van der Waals surface area contributed by atoms with Crippen molar-refractivity contribution in [1.29, 1.82) is 0 Å². The van der Waals surface area contributed by atoms with Gasteiger partial charge in [0.25, 0.3) is 0 Å². The molecule has 110 valence electrons. The number of fused-ring (bicyclic) bond motifs is 1. The van der Waals surface area contributed by atoms with Crippen LogP contribution in [0.25, 0.3) is 11.2 Å². The van der Waals surface area contributed by atoms with E-state index in [4.69, 9.17) is 5.73 Å². The number of likely N-dealkylation sites (N-methyl/N-ethyl adjacent to an activating group) is 1. The van der Waals surface area contributed by atoms with Crippen molar-refractivity contribution in [3.05, 3.63) is 5.69 Å². The molecule has 20 heavy (non-hydrogen) atoms. The number of aromatic nitrogens is 4. The Kier molecular flexibility index (Phi) is 3.01. The Hall–Kier alpha value is -1.56. The number of hydrogen-bond acceptors (Lipinski definition) is 4. The van der Waals surface area contributed by atoms with Gasteiger partial charge >= 0.3 is 0 Å². The van der Waals surface area contributed by atoms with Gasteiger partial charge in [0.15, 0.2) is 5.65 Å². The summed E-state index contributed by atoms with van der Waals surface area (Å²) in [6.45, 7) is 2.87. The summed E-state index contributed by atoms with van der Waals surface area (Å²) in [5.41, 5.74) is 9.27. The molecule has 0 saturated heterocycles. The minimum atomic E-state index is 0.194. The maximum Gasteiger partial charge on any atom is 0.202 e. The van der Waals surface area contributed by atoms with Gasteiger partial charge in [0.2, 0.25) is 5.95 Å². The van der Waals surface area contributed by atoms with Gasteiger partial charge in [0.1, 0.15) is 5.52 Å². The van der Waals surface area contributed by atoms with E-state index in [0.717, 1.165) is 23.4 Å². The number of anilines is 1. The lowest BCUT2D eigenvalue weighted by Crippen LogP contribution is -2.45. The molecule has 3 rings (SSSR count). The first kappa shape index (κ1) is 13.4. The summed E-state index contributed by atoms with van der Waals surface area (Å²) in [5, 5.41) is 4.46. The molecule has 1 saturated carbocycles. The van der Waals surface area contributed by atoms with E-state index in [0.29, 0.717) is 5.95 Å². The molecular weight excluding hydrogens is 252 g/mol. The van der Waals surface area contributed by atoms with Gasteiger partial charge in [-0.3, -0.25) is 9.25 Å². The molecule has 2 aromatic heterocycles. The van der Waals surface area contributed by atoms with Gasteiger partial charge in [-0.15, -0.1) is 0 Å². The number of rotatable bonds is 3. The van der Waals surface area contributed by atoms with Crippen molar-refractivity contribution in [2.24, 2.45) is 7.05 Å². The zero-order chi connectivity index (χ0) is 14.5. The molecule has 1 aliphatic rings. The average molecular weight is 276 g/mol. The number of aryl methyl sites for hydroxylation is 2. The van der Waals surface area contributed by atoms with Crippen LogP contribution in [0, 0.1) is 6.92 Å². The van der Waals surface area contributed by atoms with Gasteiger partial charge in [-0.2, -0.15) is 5.10 Å². The van der Waals surface area contributed by atoms with E-state index in [1.165, 1.54) is 25.7 Å². The molecule has 6 nitrogen and oxygen atoms in total. The smallest absolute Gasteiger partial charge is 0.202 e. The molecule has 6 heteroatoms. The molecule has 0 unspecified atom stereocenters. The average Bonchev–Trinajstić information content (AvgIpc) is 3.02. The molecule has 2 N–H and O–H groups in total. The third kappa shape index (κ3) is 1.82. The molecule has 0 aromatic carbocycles. The van der Waals surface area contributed by atoms with Crippen molar-refractivity contribution in [2.45, 2.75) is 44.7 Å². The van der Waals surface area contributed by atoms with E-state index in [1.807, 2.05) is 18.7 Å². The molecule has 1 aliphatic carbocycles. The van der Waals surface area contributed by atoms with Gasteiger partial charge in [-0.05, 0) is 33.9 Å².